The smallest absolute Gasteiger partial charge is 0.179 e. The number of benzene rings is 1. The summed E-state index contributed by atoms with van der Waals surface area (Å²) < 4.78 is 1.61. The molecule has 0 bridgehead atoms. The number of fused-ring (bicyclic) bond motifs is 1. The molecule has 1 aliphatic carbocycles. The third-order valence-electron chi connectivity index (χ3n) is 5.16. The average molecular weight is 361 g/mol. The highest BCUT2D eigenvalue weighted by atomic mass is 15.3. The summed E-state index contributed by atoms with van der Waals surface area (Å²) in [5.74, 6) is 0.774. The maximum atomic E-state index is 9.41. The summed E-state index contributed by atoms with van der Waals surface area (Å²) in [7, 11) is 0. The maximum Gasteiger partial charge on any atom is 0.179 e. The number of nitriles is 1. The third kappa shape index (κ3) is 3.44. The molecule has 1 aromatic carbocycles. The largest absolute Gasteiger partial charge is 0.366 e. The Bertz CT molecular complexity index is 979. The van der Waals surface area contributed by atoms with Crippen molar-refractivity contribution >= 4 is 22.8 Å². The zero-order valence-corrected chi connectivity index (χ0v) is 15.3. The van der Waals surface area contributed by atoms with Gasteiger partial charge in [0.1, 0.15) is 6.07 Å². The second-order valence-corrected chi connectivity index (χ2v) is 7.09. The minimum Gasteiger partial charge on any atom is -0.366 e. The normalized spacial score (nSPS) is 19.6. The SMILES string of the molecule is Cc1c(NC2CCC(N)CC2)nn2c(C#N)cnc2c1Nc1ccccc1. The highest BCUT2D eigenvalue weighted by Gasteiger charge is 2.22. The van der Waals surface area contributed by atoms with Crippen LogP contribution in [0.1, 0.15) is 36.9 Å². The summed E-state index contributed by atoms with van der Waals surface area (Å²) in [4.78, 5) is 4.42. The molecule has 7 nitrogen and oxygen atoms in total. The lowest BCUT2D eigenvalue weighted by molar-refractivity contribution is 0.410. The van der Waals surface area contributed by atoms with Crippen molar-refractivity contribution in [1.29, 1.82) is 5.26 Å². The van der Waals surface area contributed by atoms with Crippen molar-refractivity contribution < 1.29 is 0 Å². The molecule has 0 amide bonds. The van der Waals surface area contributed by atoms with E-state index in [9.17, 15) is 5.26 Å². The van der Waals surface area contributed by atoms with Crippen molar-refractivity contribution in [3.63, 3.8) is 0 Å². The summed E-state index contributed by atoms with van der Waals surface area (Å²) in [6.07, 6.45) is 5.64. The molecule has 2 heterocycles. The molecular weight excluding hydrogens is 338 g/mol. The first-order valence-electron chi connectivity index (χ1n) is 9.28. The minimum atomic E-state index is 0.300. The van der Waals surface area contributed by atoms with Crippen LogP contribution in [0.2, 0.25) is 0 Å². The summed E-state index contributed by atoms with van der Waals surface area (Å²) in [6, 6.07) is 12.7. The van der Waals surface area contributed by atoms with Gasteiger partial charge in [0.2, 0.25) is 0 Å². The van der Waals surface area contributed by atoms with Crippen molar-refractivity contribution in [2.75, 3.05) is 10.6 Å². The topological polar surface area (TPSA) is 104 Å². The Morgan fingerprint density at radius 2 is 1.93 bits per heavy atom. The number of hydrogen-bond donors (Lipinski definition) is 3. The average Bonchev–Trinajstić information content (AvgIpc) is 3.10. The minimum absolute atomic E-state index is 0.300. The van der Waals surface area contributed by atoms with Crippen LogP contribution in [-0.2, 0) is 0 Å². The Labute approximate surface area is 158 Å². The first kappa shape index (κ1) is 17.3. The molecular formula is C20H23N7. The van der Waals surface area contributed by atoms with Crippen molar-refractivity contribution in [3.05, 3.63) is 47.8 Å². The van der Waals surface area contributed by atoms with E-state index in [-0.39, 0.29) is 0 Å². The molecule has 0 unspecified atom stereocenters. The molecule has 3 aromatic rings. The fraction of sp³-hybridized carbons (Fsp3) is 0.350. The molecule has 0 radical (unpaired) electrons. The fourth-order valence-electron chi connectivity index (χ4n) is 3.56. The standard InChI is InChI=1S/C20H23N7/c1-13-18(24-15-5-3-2-4-6-15)20-23-12-17(11-21)27(20)26-19(13)25-16-9-7-14(22)8-10-16/h2-6,12,14,16,24H,7-10,22H2,1H3,(H,25,26). The van der Waals surface area contributed by atoms with Gasteiger partial charge in [-0.2, -0.15) is 9.78 Å². The van der Waals surface area contributed by atoms with Crippen LogP contribution in [0.3, 0.4) is 0 Å². The Balaban J connectivity index is 1.75. The van der Waals surface area contributed by atoms with Crippen LogP contribution in [0.25, 0.3) is 5.65 Å². The maximum absolute atomic E-state index is 9.41. The zero-order chi connectivity index (χ0) is 18.8. The Morgan fingerprint density at radius 3 is 2.63 bits per heavy atom. The van der Waals surface area contributed by atoms with Gasteiger partial charge in [0.25, 0.3) is 0 Å². The van der Waals surface area contributed by atoms with Gasteiger partial charge in [-0.3, -0.25) is 0 Å². The van der Waals surface area contributed by atoms with Gasteiger partial charge < -0.3 is 16.4 Å². The second kappa shape index (κ2) is 7.25. The lowest BCUT2D eigenvalue weighted by Crippen LogP contribution is -2.33. The van der Waals surface area contributed by atoms with Gasteiger partial charge >= 0.3 is 0 Å². The number of imidazole rings is 1. The van der Waals surface area contributed by atoms with Crippen LogP contribution in [0.4, 0.5) is 17.2 Å². The number of anilines is 3. The highest BCUT2D eigenvalue weighted by Crippen LogP contribution is 2.31. The molecule has 1 fully saturated rings. The molecule has 4 rings (SSSR count). The third-order valence-corrected chi connectivity index (χ3v) is 5.16. The predicted molar refractivity (Wildman–Crippen MR) is 106 cm³/mol. The summed E-state index contributed by atoms with van der Waals surface area (Å²) in [6.45, 7) is 2.02. The van der Waals surface area contributed by atoms with Crippen LogP contribution >= 0.6 is 0 Å². The molecule has 0 aliphatic heterocycles. The number of nitrogens with two attached hydrogens (primary N) is 1. The molecule has 0 spiro atoms. The summed E-state index contributed by atoms with van der Waals surface area (Å²) >= 11 is 0. The van der Waals surface area contributed by atoms with Gasteiger partial charge in [-0.15, -0.1) is 5.10 Å². The van der Waals surface area contributed by atoms with Crippen molar-refractivity contribution in [3.8, 4) is 6.07 Å². The van der Waals surface area contributed by atoms with Gasteiger partial charge in [0, 0.05) is 23.3 Å². The van der Waals surface area contributed by atoms with Gasteiger partial charge in [-0.05, 0) is 44.7 Å². The van der Waals surface area contributed by atoms with Crippen LogP contribution < -0.4 is 16.4 Å². The van der Waals surface area contributed by atoms with E-state index in [0.29, 0.717) is 23.4 Å². The second-order valence-electron chi connectivity index (χ2n) is 7.09. The van der Waals surface area contributed by atoms with Crippen LogP contribution in [0, 0.1) is 18.3 Å². The quantitative estimate of drug-likeness (QED) is 0.658. The van der Waals surface area contributed by atoms with Crippen LogP contribution in [0.5, 0.6) is 0 Å². The molecule has 1 saturated carbocycles. The van der Waals surface area contributed by atoms with E-state index in [0.717, 1.165) is 48.4 Å². The van der Waals surface area contributed by atoms with Crippen molar-refractivity contribution in [2.24, 2.45) is 5.73 Å². The van der Waals surface area contributed by atoms with Gasteiger partial charge in [0.15, 0.2) is 17.2 Å². The lowest BCUT2D eigenvalue weighted by Gasteiger charge is -2.28. The van der Waals surface area contributed by atoms with Gasteiger partial charge in [-0.1, -0.05) is 18.2 Å². The number of aromatic nitrogens is 3. The van der Waals surface area contributed by atoms with Crippen molar-refractivity contribution in [2.45, 2.75) is 44.7 Å². The van der Waals surface area contributed by atoms with E-state index in [2.05, 4.69) is 26.8 Å². The van der Waals surface area contributed by atoms with E-state index < -0.39 is 0 Å². The Hall–Kier alpha value is -3.11. The van der Waals surface area contributed by atoms with Crippen molar-refractivity contribution in [1.82, 2.24) is 14.6 Å². The molecule has 4 N–H and O–H groups in total. The molecule has 2 aromatic heterocycles. The summed E-state index contributed by atoms with van der Waals surface area (Å²) in [5.41, 5.74) is 9.88. The van der Waals surface area contributed by atoms with E-state index in [1.165, 1.54) is 0 Å². The lowest BCUT2D eigenvalue weighted by atomic mass is 9.92. The van der Waals surface area contributed by atoms with Crippen LogP contribution in [-0.4, -0.2) is 26.7 Å². The van der Waals surface area contributed by atoms with Crippen LogP contribution in [0.15, 0.2) is 36.5 Å². The zero-order valence-electron chi connectivity index (χ0n) is 15.3. The summed E-state index contributed by atoms with van der Waals surface area (Å²) in [5, 5.41) is 21.1. The van der Waals surface area contributed by atoms with E-state index in [1.807, 2.05) is 37.3 Å². The van der Waals surface area contributed by atoms with E-state index >= 15 is 0 Å². The van der Waals surface area contributed by atoms with Gasteiger partial charge in [0.05, 0.1) is 11.9 Å². The predicted octanol–water partition coefficient (Wildman–Crippen LogP) is 3.33. The highest BCUT2D eigenvalue weighted by molar-refractivity contribution is 5.80. The molecule has 1 aliphatic rings. The number of para-hydroxylation sites is 1. The first-order valence-corrected chi connectivity index (χ1v) is 9.28. The molecule has 0 atom stereocenters. The Kier molecular flexibility index (Phi) is 4.65. The number of rotatable bonds is 4. The number of nitrogens with zero attached hydrogens (tertiary/aromatic N) is 4. The first-order chi connectivity index (χ1) is 13.2. The van der Waals surface area contributed by atoms with Gasteiger partial charge in [-0.25, -0.2) is 4.98 Å². The molecule has 0 saturated heterocycles. The van der Waals surface area contributed by atoms with E-state index in [4.69, 9.17) is 5.73 Å². The number of nitrogens with one attached hydrogen (secondary N) is 2. The monoisotopic (exact) mass is 361 g/mol. The molecule has 7 heteroatoms. The number of hydrogen-bond acceptors (Lipinski definition) is 6. The molecule has 138 valence electrons. The Morgan fingerprint density at radius 1 is 1.19 bits per heavy atom. The molecule has 27 heavy (non-hydrogen) atoms. The van der Waals surface area contributed by atoms with E-state index in [1.54, 1.807) is 10.7 Å². The fourth-order valence-corrected chi connectivity index (χ4v) is 3.56.